The highest BCUT2D eigenvalue weighted by atomic mass is 32.2. The van der Waals surface area contributed by atoms with Crippen molar-refractivity contribution in [2.24, 2.45) is 0 Å². The Bertz CT molecular complexity index is 431. The molecule has 3 nitrogen and oxygen atoms in total. The summed E-state index contributed by atoms with van der Waals surface area (Å²) in [4.78, 5) is 0. The van der Waals surface area contributed by atoms with Gasteiger partial charge >= 0.3 is 0 Å². The zero-order valence-electron chi connectivity index (χ0n) is 14.8. The van der Waals surface area contributed by atoms with E-state index >= 15 is 0 Å². The van der Waals surface area contributed by atoms with Crippen LogP contribution in [0.25, 0.3) is 0 Å². The average molecular weight is 326 g/mol. The maximum absolute atomic E-state index is 6.02. The summed E-state index contributed by atoms with van der Waals surface area (Å²) >= 11 is 1.75. The minimum atomic E-state index is 0.105. The second kappa shape index (κ2) is 9.43. The second-order valence-corrected chi connectivity index (χ2v) is 8.18. The first-order valence-corrected chi connectivity index (χ1v) is 8.88. The number of methoxy groups -OCH3 is 1. The molecule has 0 spiro atoms. The molecule has 0 fully saturated rings. The van der Waals surface area contributed by atoms with E-state index in [0.29, 0.717) is 0 Å². The summed E-state index contributed by atoms with van der Waals surface area (Å²) in [6.45, 7) is 11.7. The summed E-state index contributed by atoms with van der Waals surface area (Å²) in [5.41, 5.74) is 1.19. The van der Waals surface area contributed by atoms with Crippen LogP contribution in [-0.4, -0.2) is 24.6 Å². The van der Waals surface area contributed by atoms with E-state index in [1.54, 1.807) is 19.1 Å². The van der Waals surface area contributed by atoms with Crippen molar-refractivity contribution >= 4 is 11.9 Å². The van der Waals surface area contributed by atoms with Crippen molar-refractivity contribution in [3.05, 3.63) is 29.8 Å². The van der Waals surface area contributed by atoms with E-state index in [9.17, 15) is 0 Å². The van der Waals surface area contributed by atoms with Gasteiger partial charge in [0, 0.05) is 11.4 Å². The summed E-state index contributed by atoms with van der Waals surface area (Å²) in [5.74, 6) is 0.880. The van der Waals surface area contributed by atoms with E-state index in [4.69, 9.17) is 9.47 Å². The van der Waals surface area contributed by atoms with Gasteiger partial charge in [-0.05, 0) is 51.8 Å². The molecule has 1 aromatic rings. The van der Waals surface area contributed by atoms with E-state index in [2.05, 4.69) is 51.5 Å². The van der Waals surface area contributed by atoms with Gasteiger partial charge in [0.25, 0.3) is 0 Å². The van der Waals surface area contributed by atoms with E-state index in [1.807, 2.05) is 12.1 Å². The normalized spacial score (nSPS) is 14.6. The number of nitrogens with one attached hydrogen (secondary N) is 1. The van der Waals surface area contributed by atoms with Crippen LogP contribution >= 0.6 is 11.9 Å². The molecule has 1 N–H and O–H groups in total. The van der Waals surface area contributed by atoms with Crippen molar-refractivity contribution in [1.29, 1.82) is 0 Å². The highest BCUT2D eigenvalue weighted by molar-refractivity contribution is 7.98. The first-order chi connectivity index (χ1) is 10.4. The number of unbranched alkanes of at least 4 members (excludes halogenated alkanes) is 1. The van der Waals surface area contributed by atoms with Gasteiger partial charge in [-0.3, -0.25) is 4.72 Å². The molecule has 0 aliphatic rings. The molecule has 0 saturated carbocycles. The van der Waals surface area contributed by atoms with Crippen LogP contribution in [0, 0.1) is 0 Å². The number of ether oxygens (including phenoxy) is 2. The first-order valence-electron chi connectivity index (χ1n) is 8.06. The molecule has 126 valence electrons. The van der Waals surface area contributed by atoms with Crippen LogP contribution in [0.5, 0.6) is 5.75 Å². The molecule has 22 heavy (non-hydrogen) atoms. The van der Waals surface area contributed by atoms with Crippen molar-refractivity contribution < 1.29 is 9.47 Å². The lowest BCUT2D eigenvalue weighted by Gasteiger charge is -2.29. The molecule has 0 bridgehead atoms. The molecule has 0 amide bonds. The zero-order valence-corrected chi connectivity index (χ0v) is 15.6. The van der Waals surface area contributed by atoms with Crippen LogP contribution in [-0.2, 0) is 4.74 Å². The predicted molar refractivity (Wildman–Crippen MR) is 96.5 cm³/mol. The third-order valence-corrected chi connectivity index (χ3v) is 4.28. The third-order valence-electron chi connectivity index (χ3n) is 3.29. The van der Waals surface area contributed by atoms with Crippen LogP contribution in [0.15, 0.2) is 24.3 Å². The van der Waals surface area contributed by atoms with Gasteiger partial charge in [-0.1, -0.05) is 37.4 Å². The topological polar surface area (TPSA) is 30.5 Å². The molecule has 0 unspecified atom stereocenters. The van der Waals surface area contributed by atoms with E-state index in [-0.39, 0.29) is 16.9 Å². The molecule has 0 aromatic heterocycles. The quantitative estimate of drug-likeness (QED) is 0.512. The molecule has 4 heteroatoms. The molecule has 1 aromatic carbocycles. The summed E-state index contributed by atoms with van der Waals surface area (Å²) < 4.78 is 15.1. The Balaban J connectivity index is 2.84. The summed E-state index contributed by atoms with van der Waals surface area (Å²) in [7, 11) is 1.70. The Kier molecular flexibility index (Phi) is 8.29. The van der Waals surface area contributed by atoms with Crippen molar-refractivity contribution in [2.75, 3.05) is 13.7 Å². The van der Waals surface area contributed by atoms with Gasteiger partial charge < -0.3 is 9.47 Å². The minimum absolute atomic E-state index is 0.105. The third kappa shape index (κ3) is 7.03. The molecule has 0 radical (unpaired) electrons. The Hall–Kier alpha value is -0.710. The van der Waals surface area contributed by atoms with Crippen molar-refractivity contribution in [3.8, 4) is 5.75 Å². The van der Waals surface area contributed by atoms with E-state index < -0.39 is 0 Å². The van der Waals surface area contributed by atoms with Gasteiger partial charge in [0.05, 0.1) is 19.3 Å². The van der Waals surface area contributed by atoms with Crippen LogP contribution < -0.4 is 9.46 Å². The molecular weight excluding hydrogens is 294 g/mol. The van der Waals surface area contributed by atoms with Crippen LogP contribution in [0.1, 0.15) is 59.1 Å². The fourth-order valence-corrected chi connectivity index (χ4v) is 2.83. The fourth-order valence-electron chi connectivity index (χ4n) is 2.02. The Morgan fingerprint density at radius 3 is 2.59 bits per heavy atom. The van der Waals surface area contributed by atoms with Gasteiger partial charge in [-0.25, -0.2) is 0 Å². The standard InChI is InChI=1S/C18H31NO2S/c1-7-8-12-21-14(2)17(19-22-18(3,4)5)15-10-9-11-16(13-15)20-6/h9-11,13-14,17,19H,7-8,12H2,1-6H3/t14-,17+/m0/s1. The average Bonchev–Trinajstić information content (AvgIpc) is 2.47. The first kappa shape index (κ1) is 19.3. The van der Waals surface area contributed by atoms with Crippen molar-refractivity contribution in [2.45, 2.75) is 64.4 Å². The fraction of sp³-hybridized carbons (Fsp3) is 0.667. The Morgan fingerprint density at radius 1 is 1.27 bits per heavy atom. The maximum Gasteiger partial charge on any atom is 0.119 e. The van der Waals surface area contributed by atoms with Crippen molar-refractivity contribution in [3.63, 3.8) is 0 Å². The van der Waals surface area contributed by atoms with Gasteiger partial charge in [0.2, 0.25) is 0 Å². The largest absolute Gasteiger partial charge is 0.497 e. The molecule has 2 atom stereocenters. The molecule has 0 aliphatic carbocycles. The maximum atomic E-state index is 6.02. The van der Waals surface area contributed by atoms with Gasteiger partial charge in [-0.15, -0.1) is 0 Å². The molecule has 0 saturated heterocycles. The highest BCUT2D eigenvalue weighted by Gasteiger charge is 2.23. The molecule has 0 aliphatic heterocycles. The lowest BCUT2D eigenvalue weighted by atomic mass is 10.0. The van der Waals surface area contributed by atoms with Crippen LogP contribution in [0.3, 0.4) is 0 Å². The summed E-state index contributed by atoms with van der Waals surface area (Å²) in [5, 5.41) is 0. The van der Waals surface area contributed by atoms with Gasteiger partial charge in [0.15, 0.2) is 0 Å². The van der Waals surface area contributed by atoms with Gasteiger partial charge in [0.1, 0.15) is 5.75 Å². The SMILES string of the molecule is CCCCO[C@@H](C)[C@@H](NSC(C)(C)C)c1cccc(OC)c1. The lowest BCUT2D eigenvalue weighted by molar-refractivity contribution is 0.0429. The van der Waals surface area contributed by atoms with Crippen LogP contribution in [0.2, 0.25) is 0 Å². The number of hydrogen-bond donors (Lipinski definition) is 1. The monoisotopic (exact) mass is 325 g/mol. The van der Waals surface area contributed by atoms with E-state index in [1.165, 1.54) is 5.56 Å². The molecule has 1 rings (SSSR count). The molecular formula is C18H31NO2S. The zero-order chi connectivity index (χ0) is 16.6. The second-order valence-electron chi connectivity index (χ2n) is 6.52. The summed E-state index contributed by atoms with van der Waals surface area (Å²) in [6.07, 6.45) is 2.36. The molecule has 0 heterocycles. The van der Waals surface area contributed by atoms with Gasteiger partial charge in [-0.2, -0.15) is 0 Å². The lowest BCUT2D eigenvalue weighted by Crippen LogP contribution is -2.31. The minimum Gasteiger partial charge on any atom is -0.497 e. The predicted octanol–water partition coefficient (Wildman–Crippen LogP) is 4.98. The highest BCUT2D eigenvalue weighted by Crippen LogP contribution is 2.29. The van der Waals surface area contributed by atoms with E-state index in [0.717, 1.165) is 25.2 Å². The number of hydrogen-bond acceptors (Lipinski definition) is 4. The number of benzene rings is 1. The Morgan fingerprint density at radius 2 is 2.00 bits per heavy atom. The smallest absolute Gasteiger partial charge is 0.119 e. The van der Waals surface area contributed by atoms with Crippen molar-refractivity contribution in [1.82, 2.24) is 4.72 Å². The summed E-state index contributed by atoms with van der Waals surface area (Å²) in [6, 6.07) is 8.35. The Labute approximate surface area is 140 Å². The number of rotatable bonds is 9. The van der Waals surface area contributed by atoms with Crippen LogP contribution in [0.4, 0.5) is 0 Å².